The number of carbonyl (C=O) groups excluding carboxylic acids is 1. The summed E-state index contributed by atoms with van der Waals surface area (Å²) in [6, 6.07) is 5.48. The maximum absolute atomic E-state index is 12.1. The highest BCUT2D eigenvalue weighted by molar-refractivity contribution is 6.34. The molecule has 1 aliphatic heterocycles. The third kappa shape index (κ3) is 2.33. The fourth-order valence-corrected chi connectivity index (χ4v) is 2.45. The Kier molecular flexibility index (Phi) is 3.41. The topological polar surface area (TPSA) is 20.3 Å². The second-order valence-electron chi connectivity index (χ2n) is 4.12. The number of amides is 1. The van der Waals surface area contributed by atoms with Crippen LogP contribution in [0.5, 0.6) is 0 Å². The lowest BCUT2D eigenvalue weighted by atomic mass is 10.1. The van der Waals surface area contributed by atoms with Crippen molar-refractivity contribution in [2.45, 2.75) is 18.7 Å². The van der Waals surface area contributed by atoms with Gasteiger partial charge in [-0.15, -0.1) is 11.6 Å². The minimum absolute atomic E-state index is 0.0202. The minimum Gasteiger partial charge on any atom is -0.337 e. The number of carbonyl (C=O) groups is 1. The van der Waals surface area contributed by atoms with Gasteiger partial charge in [-0.2, -0.15) is 0 Å². The van der Waals surface area contributed by atoms with Crippen LogP contribution >= 0.6 is 23.2 Å². The van der Waals surface area contributed by atoms with E-state index in [1.165, 1.54) is 0 Å². The normalized spacial score (nSPS) is 20.2. The number of alkyl halides is 1. The zero-order valence-electron chi connectivity index (χ0n) is 9.04. The van der Waals surface area contributed by atoms with Crippen molar-refractivity contribution in [1.82, 2.24) is 4.90 Å². The predicted molar refractivity (Wildman–Crippen MR) is 66.4 cm³/mol. The molecule has 1 unspecified atom stereocenters. The van der Waals surface area contributed by atoms with E-state index in [0.717, 1.165) is 18.5 Å². The van der Waals surface area contributed by atoms with Crippen LogP contribution in [-0.4, -0.2) is 29.3 Å². The molecule has 4 heteroatoms. The molecule has 1 aromatic carbocycles. The van der Waals surface area contributed by atoms with E-state index >= 15 is 0 Å². The summed E-state index contributed by atoms with van der Waals surface area (Å²) in [5.41, 5.74) is 1.62. The molecule has 1 atom stereocenters. The van der Waals surface area contributed by atoms with Crippen LogP contribution < -0.4 is 0 Å². The van der Waals surface area contributed by atoms with Crippen molar-refractivity contribution in [3.63, 3.8) is 0 Å². The third-order valence-corrected chi connectivity index (χ3v) is 3.44. The van der Waals surface area contributed by atoms with E-state index in [0.29, 0.717) is 17.1 Å². The number of likely N-dealkylation sites (tertiary alicyclic amines) is 1. The first kappa shape index (κ1) is 11.7. The molecular formula is C12H13Cl2NO. The summed E-state index contributed by atoms with van der Waals surface area (Å²) < 4.78 is 0. The molecule has 0 radical (unpaired) electrons. The van der Waals surface area contributed by atoms with Gasteiger partial charge in [0.2, 0.25) is 0 Å². The number of aryl methyl sites for hydroxylation is 1. The van der Waals surface area contributed by atoms with Crippen LogP contribution in [0.1, 0.15) is 22.3 Å². The lowest BCUT2D eigenvalue weighted by molar-refractivity contribution is 0.0793. The SMILES string of the molecule is Cc1ccc(C(=O)N2CCC(Cl)C2)c(Cl)c1. The van der Waals surface area contributed by atoms with Crippen molar-refractivity contribution in [2.24, 2.45) is 0 Å². The summed E-state index contributed by atoms with van der Waals surface area (Å²) in [5.74, 6) is -0.0202. The van der Waals surface area contributed by atoms with Gasteiger partial charge in [0.25, 0.3) is 5.91 Å². The molecule has 2 nitrogen and oxygen atoms in total. The summed E-state index contributed by atoms with van der Waals surface area (Å²) in [6.07, 6.45) is 0.858. The molecule has 0 spiro atoms. The van der Waals surface area contributed by atoms with Crippen LogP contribution in [0.15, 0.2) is 18.2 Å². The maximum Gasteiger partial charge on any atom is 0.255 e. The van der Waals surface area contributed by atoms with Gasteiger partial charge in [0.1, 0.15) is 0 Å². The average molecular weight is 258 g/mol. The standard InChI is InChI=1S/C12H13Cl2NO/c1-8-2-3-10(11(14)6-8)12(16)15-5-4-9(13)7-15/h2-3,6,9H,4-5,7H2,1H3. The molecule has 86 valence electrons. The van der Waals surface area contributed by atoms with E-state index in [1.54, 1.807) is 11.0 Å². The van der Waals surface area contributed by atoms with E-state index < -0.39 is 0 Å². The first-order valence-electron chi connectivity index (χ1n) is 5.27. The maximum atomic E-state index is 12.1. The number of hydrogen-bond acceptors (Lipinski definition) is 1. The Balaban J connectivity index is 2.21. The van der Waals surface area contributed by atoms with Gasteiger partial charge in [0, 0.05) is 13.1 Å². The summed E-state index contributed by atoms with van der Waals surface area (Å²) in [5, 5.41) is 0.594. The molecule has 16 heavy (non-hydrogen) atoms. The van der Waals surface area contributed by atoms with Crippen molar-refractivity contribution in [3.05, 3.63) is 34.3 Å². The Labute approximate surface area is 105 Å². The van der Waals surface area contributed by atoms with Crippen LogP contribution in [0.2, 0.25) is 5.02 Å². The quantitative estimate of drug-likeness (QED) is 0.709. The third-order valence-electron chi connectivity index (χ3n) is 2.77. The summed E-state index contributed by atoms with van der Waals surface area (Å²) in [6.45, 7) is 3.28. The van der Waals surface area contributed by atoms with Crippen LogP contribution in [-0.2, 0) is 0 Å². The molecule has 1 heterocycles. The Morgan fingerprint density at radius 3 is 2.81 bits per heavy atom. The lowest BCUT2D eigenvalue weighted by Gasteiger charge is -2.16. The lowest BCUT2D eigenvalue weighted by Crippen LogP contribution is -2.29. The molecular weight excluding hydrogens is 245 g/mol. The molecule has 1 aliphatic rings. The second kappa shape index (κ2) is 4.64. The van der Waals surface area contributed by atoms with Crippen LogP contribution in [0.4, 0.5) is 0 Å². The van der Waals surface area contributed by atoms with Crippen molar-refractivity contribution in [3.8, 4) is 0 Å². The number of hydrogen-bond donors (Lipinski definition) is 0. The van der Waals surface area contributed by atoms with Crippen LogP contribution in [0, 0.1) is 6.92 Å². The van der Waals surface area contributed by atoms with Crippen LogP contribution in [0.3, 0.4) is 0 Å². The first-order valence-corrected chi connectivity index (χ1v) is 6.09. The molecule has 0 bridgehead atoms. The number of nitrogens with zero attached hydrogens (tertiary/aromatic N) is 1. The summed E-state index contributed by atoms with van der Waals surface area (Å²) in [4.78, 5) is 13.9. The molecule has 1 saturated heterocycles. The average Bonchev–Trinajstić information content (AvgIpc) is 2.64. The number of benzene rings is 1. The van der Waals surface area contributed by atoms with Gasteiger partial charge >= 0.3 is 0 Å². The molecule has 2 rings (SSSR count). The van der Waals surface area contributed by atoms with Crippen molar-refractivity contribution in [1.29, 1.82) is 0 Å². The molecule has 0 N–H and O–H groups in total. The smallest absolute Gasteiger partial charge is 0.255 e. The highest BCUT2D eigenvalue weighted by Gasteiger charge is 2.26. The van der Waals surface area contributed by atoms with Crippen LogP contribution in [0.25, 0.3) is 0 Å². The van der Waals surface area contributed by atoms with E-state index in [4.69, 9.17) is 23.2 Å². The number of rotatable bonds is 1. The summed E-state index contributed by atoms with van der Waals surface area (Å²) >= 11 is 12.0. The Morgan fingerprint density at radius 1 is 1.50 bits per heavy atom. The molecule has 0 saturated carbocycles. The molecule has 1 amide bonds. The highest BCUT2D eigenvalue weighted by atomic mass is 35.5. The predicted octanol–water partition coefficient (Wildman–Crippen LogP) is 3.10. The van der Waals surface area contributed by atoms with Crippen molar-refractivity contribution >= 4 is 29.1 Å². The number of halogens is 2. The molecule has 1 fully saturated rings. The molecule has 0 aliphatic carbocycles. The van der Waals surface area contributed by atoms with Crippen molar-refractivity contribution < 1.29 is 4.79 Å². The van der Waals surface area contributed by atoms with Gasteiger partial charge in [-0.25, -0.2) is 0 Å². The molecule has 0 aromatic heterocycles. The fourth-order valence-electron chi connectivity index (χ4n) is 1.87. The van der Waals surface area contributed by atoms with E-state index in [-0.39, 0.29) is 11.3 Å². The van der Waals surface area contributed by atoms with Gasteiger partial charge in [-0.3, -0.25) is 4.79 Å². The second-order valence-corrected chi connectivity index (χ2v) is 5.14. The van der Waals surface area contributed by atoms with E-state index in [9.17, 15) is 4.79 Å². The van der Waals surface area contributed by atoms with Gasteiger partial charge in [-0.1, -0.05) is 17.7 Å². The van der Waals surface area contributed by atoms with Gasteiger partial charge in [0.05, 0.1) is 16.0 Å². The highest BCUT2D eigenvalue weighted by Crippen LogP contribution is 2.22. The minimum atomic E-state index is -0.0202. The summed E-state index contributed by atoms with van der Waals surface area (Å²) in [7, 11) is 0. The Morgan fingerprint density at radius 2 is 2.25 bits per heavy atom. The molecule has 1 aromatic rings. The van der Waals surface area contributed by atoms with E-state index in [2.05, 4.69) is 0 Å². The van der Waals surface area contributed by atoms with Gasteiger partial charge in [0.15, 0.2) is 0 Å². The van der Waals surface area contributed by atoms with E-state index in [1.807, 2.05) is 19.1 Å². The zero-order valence-corrected chi connectivity index (χ0v) is 10.6. The van der Waals surface area contributed by atoms with Gasteiger partial charge in [-0.05, 0) is 31.0 Å². The first-order chi connectivity index (χ1) is 7.58. The Bertz CT molecular complexity index is 419. The Hall–Kier alpha value is -0.730. The van der Waals surface area contributed by atoms with Crippen molar-refractivity contribution in [2.75, 3.05) is 13.1 Å². The largest absolute Gasteiger partial charge is 0.337 e. The monoisotopic (exact) mass is 257 g/mol. The zero-order chi connectivity index (χ0) is 11.7. The fraction of sp³-hybridized carbons (Fsp3) is 0.417. The van der Waals surface area contributed by atoms with Gasteiger partial charge < -0.3 is 4.90 Å².